The van der Waals surface area contributed by atoms with Crippen molar-refractivity contribution in [1.29, 1.82) is 0 Å². The molecule has 0 radical (unpaired) electrons. The van der Waals surface area contributed by atoms with Crippen LogP contribution in [0, 0.1) is 6.92 Å². The van der Waals surface area contributed by atoms with E-state index in [1.165, 1.54) is 30.1 Å². The monoisotopic (exact) mass is 530 g/mol. The van der Waals surface area contributed by atoms with Gasteiger partial charge in [0.2, 0.25) is 5.91 Å². The topological polar surface area (TPSA) is 86.8 Å². The third kappa shape index (κ3) is 7.16. The van der Waals surface area contributed by atoms with Gasteiger partial charge in [-0.2, -0.15) is 0 Å². The molecule has 0 unspecified atom stereocenters. The number of carbonyl (C=O) groups excluding carboxylic acids is 2. The first-order valence-electron chi connectivity index (χ1n) is 9.94. The molecule has 1 amide bonds. The zero-order chi connectivity index (χ0) is 23.8. The Morgan fingerprint density at radius 3 is 2.64 bits per heavy atom. The van der Waals surface area contributed by atoms with Crippen molar-refractivity contribution in [3.05, 3.63) is 74.7 Å². The Bertz CT molecular complexity index is 1160. The number of anilines is 1. The molecule has 3 aromatic rings. The minimum Gasteiger partial charge on any atom is -0.493 e. The fourth-order valence-corrected chi connectivity index (χ4v) is 4.09. The summed E-state index contributed by atoms with van der Waals surface area (Å²) in [5.74, 6) is 0.400. The largest absolute Gasteiger partial charge is 0.493 e. The zero-order valence-corrected chi connectivity index (χ0v) is 20.8. The van der Waals surface area contributed by atoms with Gasteiger partial charge in [0, 0.05) is 11.5 Å². The van der Waals surface area contributed by atoms with E-state index in [9.17, 15) is 9.59 Å². The molecule has 172 valence electrons. The number of esters is 1. The molecule has 0 bridgehead atoms. The van der Waals surface area contributed by atoms with Crippen LogP contribution in [0.3, 0.4) is 0 Å². The second-order valence-corrected chi connectivity index (χ2v) is 8.74. The molecular formula is C24H23BrN2O5S. The smallest absolute Gasteiger partial charge is 0.311 e. The summed E-state index contributed by atoms with van der Waals surface area (Å²) in [7, 11) is 2.88. The van der Waals surface area contributed by atoms with Gasteiger partial charge in [0.15, 0.2) is 16.6 Å². The summed E-state index contributed by atoms with van der Waals surface area (Å²) >= 11 is 4.77. The van der Waals surface area contributed by atoms with E-state index < -0.39 is 0 Å². The Morgan fingerprint density at radius 2 is 1.94 bits per heavy atom. The van der Waals surface area contributed by atoms with Gasteiger partial charge in [-0.15, -0.1) is 11.3 Å². The van der Waals surface area contributed by atoms with Crippen molar-refractivity contribution in [2.45, 2.75) is 20.0 Å². The van der Waals surface area contributed by atoms with Crippen LogP contribution >= 0.6 is 27.3 Å². The first-order valence-corrected chi connectivity index (χ1v) is 11.6. The molecule has 0 atom stereocenters. The summed E-state index contributed by atoms with van der Waals surface area (Å²) in [5, 5.41) is 4.79. The van der Waals surface area contributed by atoms with E-state index in [1.54, 1.807) is 24.6 Å². The Hall–Kier alpha value is -3.17. The molecule has 9 heteroatoms. The van der Waals surface area contributed by atoms with Crippen LogP contribution in [0.25, 0.3) is 6.08 Å². The van der Waals surface area contributed by atoms with Gasteiger partial charge in [-0.05, 0) is 52.2 Å². The lowest BCUT2D eigenvalue weighted by molar-refractivity contribution is -0.139. The molecular weight excluding hydrogens is 508 g/mol. The highest BCUT2D eigenvalue weighted by molar-refractivity contribution is 9.10. The SMILES string of the molecule is COC(=O)Cc1csc(NC(=O)/C=C/c2cc(Br)c(OCc3ccc(C)cc3)c(OC)c2)n1. The molecule has 33 heavy (non-hydrogen) atoms. The van der Waals surface area contributed by atoms with Gasteiger partial charge < -0.3 is 14.2 Å². The van der Waals surface area contributed by atoms with Crippen molar-refractivity contribution < 1.29 is 23.8 Å². The van der Waals surface area contributed by atoms with Crippen LogP contribution in [0.15, 0.2) is 52.3 Å². The van der Waals surface area contributed by atoms with Crippen LogP contribution in [0.1, 0.15) is 22.4 Å². The molecule has 0 aliphatic rings. The average molecular weight is 531 g/mol. The minimum atomic E-state index is -0.385. The maximum Gasteiger partial charge on any atom is 0.311 e. The molecule has 0 spiro atoms. The van der Waals surface area contributed by atoms with Gasteiger partial charge in [0.05, 0.1) is 30.8 Å². The number of nitrogens with one attached hydrogen (secondary N) is 1. The summed E-state index contributed by atoms with van der Waals surface area (Å²) in [6.07, 6.45) is 3.12. The lowest BCUT2D eigenvalue weighted by atomic mass is 10.1. The Morgan fingerprint density at radius 1 is 1.18 bits per heavy atom. The molecule has 1 N–H and O–H groups in total. The van der Waals surface area contributed by atoms with Gasteiger partial charge in [-0.1, -0.05) is 29.8 Å². The molecule has 1 heterocycles. The standard InChI is InChI=1S/C24H23BrN2O5S/c1-15-4-6-16(7-5-15)13-32-23-19(25)10-17(11-20(23)30-2)8-9-21(28)27-24-26-18(14-33-24)12-22(29)31-3/h4-11,14H,12-13H2,1-3H3,(H,26,27,28)/b9-8+. The van der Waals surface area contributed by atoms with Crippen molar-refractivity contribution in [2.24, 2.45) is 0 Å². The molecule has 0 saturated heterocycles. The van der Waals surface area contributed by atoms with Crippen molar-refractivity contribution in [3.63, 3.8) is 0 Å². The van der Waals surface area contributed by atoms with Crippen molar-refractivity contribution in [2.75, 3.05) is 19.5 Å². The van der Waals surface area contributed by atoms with Gasteiger partial charge in [0.1, 0.15) is 6.61 Å². The molecule has 0 aliphatic carbocycles. The number of hydrogen-bond acceptors (Lipinski definition) is 7. The first-order chi connectivity index (χ1) is 15.9. The maximum absolute atomic E-state index is 12.3. The summed E-state index contributed by atoms with van der Waals surface area (Å²) < 4.78 is 16.8. The summed E-state index contributed by atoms with van der Waals surface area (Å²) in [4.78, 5) is 27.8. The maximum atomic E-state index is 12.3. The normalized spacial score (nSPS) is 10.8. The summed E-state index contributed by atoms with van der Waals surface area (Å²) in [6, 6.07) is 11.7. The molecule has 1 aromatic heterocycles. The number of hydrogen-bond donors (Lipinski definition) is 1. The number of carbonyl (C=O) groups is 2. The van der Waals surface area contributed by atoms with Gasteiger partial charge >= 0.3 is 5.97 Å². The quantitative estimate of drug-likeness (QED) is 0.303. The Kier molecular flexibility index (Phi) is 8.62. The lowest BCUT2D eigenvalue weighted by Gasteiger charge is -2.14. The third-order valence-corrected chi connectivity index (χ3v) is 5.91. The molecule has 7 nitrogen and oxygen atoms in total. The highest BCUT2D eigenvalue weighted by Gasteiger charge is 2.12. The van der Waals surface area contributed by atoms with Crippen molar-refractivity contribution >= 4 is 50.4 Å². The van der Waals surface area contributed by atoms with Crippen LogP contribution in [0.4, 0.5) is 5.13 Å². The Balaban J connectivity index is 1.64. The molecule has 0 fully saturated rings. The van der Waals surface area contributed by atoms with Gasteiger partial charge in [-0.3, -0.25) is 14.9 Å². The van der Waals surface area contributed by atoms with E-state index >= 15 is 0 Å². The van der Waals surface area contributed by atoms with E-state index in [0.29, 0.717) is 33.4 Å². The van der Waals surface area contributed by atoms with E-state index in [1.807, 2.05) is 37.3 Å². The van der Waals surface area contributed by atoms with Gasteiger partial charge in [-0.25, -0.2) is 4.98 Å². The summed E-state index contributed by atoms with van der Waals surface area (Å²) in [5.41, 5.74) is 3.53. The van der Waals surface area contributed by atoms with E-state index in [4.69, 9.17) is 9.47 Å². The Labute approximate surface area is 204 Å². The number of thiazole rings is 1. The highest BCUT2D eigenvalue weighted by atomic mass is 79.9. The van der Waals surface area contributed by atoms with E-state index in [0.717, 1.165) is 11.1 Å². The second kappa shape index (κ2) is 11.6. The predicted octanol–water partition coefficient (Wildman–Crippen LogP) is 5.17. The van der Waals surface area contributed by atoms with E-state index in [-0.39, 0.29) is 18.3 Å². The fraction of sp³-hybridized carbons (Fsp3) is 0.208. The predicted molar refractivity (Wildman–Crippen MR) is 132 cm³/mol. The van der Waals surface area contributed by atoms with Crippen molar-refractivity contribution in [1.82, 2.24) is 4.98 Å². The number of halogens is 1. The van der Waals surface area contributed by atoms with Crippen LogP contribution in [-0.2, 0) is 27.4 Å². The molecule has 2 aromatic carbocycles. The number of benzene rings is 2. The number of ether oxygens (including phenoxy) is 3. The molecule has 3 rings (SSSR count). The zero-order valence-electron chi connectivity index (χ0n) is 18.4. The third-order valence-electron chi connectivity index (χ3n) is 4.52. The molecule has 0 aliphatic heterocycles. The minimum absolute atomic E-state index is 0.0604. The van der Waals surface area contributed by atoms with Gasteiger partial charge in [0.25, 0.3) is 0 Å². The lowest BCUT2D eigenvalue weighted by Crippen LogP contribution is -2.08. The summed E-state index contributed by atoms with van der Waals surface area (Å²) in [6.45, 7) is 2.44. The second-order valence-electron chi connectivity index (χ2n) is 7.03. The number of nitrogens with zero attached hydrogens (tertiary/aromatic N) is 1. The van der Waals surface area contributed by atoms with E-state index in [2.05, 4.69) is 31.0 Å². The number of methoxy groups -OCH3 is 2. The number of amides is 1. The number of rotatable bonds is 9. The molecule has 0 saturated carbocycles. The number of aromatic nitrogens is 1. The highest BCUT2D eigenvalue weighted by Crippen LogP contribution is 2.37. The van der Waals surface area contributed by atoms with Crippen LogP contribution < -0.4 is 14.8 Å². The first kappa shape index (κ1) is 24.5. The fourth-order valence-electron chi connectivity index (χ4n) is 2.80. The van der Waals surface area contributed by atoms with Crippen molar-refractivity contribution in [3.8, 4) is 11.5 Å². The number of aryl methyl sites for hydroxylation is 1. The van der Waals surface area contributed by atoms with Crippen LogP contribution in [0.5, 0.6) is 11.5 Å². The average Bonchev–Trinajstić information content (AvgIpc) is 3.23. The van der Waals surface area contributed by atoms with Crippen LogP contribution in [0.2, 0.25) is 0 Å². The van der Waals surface area contributed by atoms with Crippen LogP contribution in [-0.4, -0.2) is 31.1 Å².